The minimum absolute atomic E-state index is 0.371. The van der Waals surface area contributed by atoms with Gasteiger partial charge in [0, 0.05) is 48.7 Å². The molecule has 0 aliphatic heterocycles. The molecule has 0 aliphatic carbocycles. The van der Waals surface area contributed by atoms with E-state index in [9.17, 15) is 5.11 Å². The van der Waals surface area contributed by atoms with Gasteiger partial charge in [0.15, 0.2) is 0 Å². The smallest absolute Gasteiger partial charge is 0.133 e. The van der Waals surface area contributed by atoms with Crippen molar-refractivity contribution in [2.45, 2.75) is 38.4 Å². The van der Waals surface area contributed by atoms with Crippen molar-refractivity contribution in [1.82, 2.24) is 19.4 Å². The first-order chi connectivity index (χ1) is 13.0. The minimum atomic E-state index is 0.371. The summed E-state index contributed by atoms with van der Waals surface area (Å²) >= 11 is 1.57. The van der Waals surface area contributed by atoms with Crippen LogP contribution in [0.4, 0.5) is 0 Å². The molecule has 3 rings (SSSR count). The van der Waals surface area contributed by atoms with Crippen LogP contribution in [0.15, 0.2) is 47.6 Å². The molecule has 1 aromatic carbocycles. The van der Waals surface area contributed by atoms with E-state index in [-0.39, 0.29) is 0 Å². The molecule has 1 N–H and O–H groups in total. The van der Waals surface area contributed by atoms with Crippen LogP contribution < -0.4 is 0 Å². The second-order valence-electron chi connectivity index (χ2n) is 6.84. The molecule has 0 amide bonds. The van der Waals surface area contributed by atoms with Gasteiger partial charge in [-0.2, -0.15) is 0 Å². The van der Waals surface area contributed by atoms with Crippen LogP contribution in [-0.4, -0.2) is 30.8 Å². The molecular formula is C21H26N4OS. The van der Waals surface area contributed by atoms with Crippen LogP contribution in [-0.2, 0) is 26.7 Å². The Bertz CT molecular complexity index is 922. The lowest BCUT2D eigenvalue weighted by Crippen LogP contribution is -2.25. The number of thioether (sulfide) groups is 1. The summed E-state index contributed by atoms with van der Waals surface area (Å²) in [5.74, 6) is 1.36. The second-order valence-corrected chi connectivity index (χ2v) is 7.69. The zero-order chi connectivity index (χ0) is 19.4. The zero-order valence-corrected chi connectivity index (χ0v) is 17.1. The van der Waals surface area contributed by atoms with E-state index in [1.807, 2.05) is 61.5 Å². The van der Waals surface area contributed by atoms with Gasteiger partial charge in [0.1, 0.15) is 11.6 Å². The number of rotatable bonds is 7. The van der Waals surface area contributed by atoms with Gasteiger partial charge in [0.05, 0.1) is 12.2 Å². The first-order valence-corrected chi connectivity index (χ1v) is 10.2. The summed E-state index contributed by atoms with van der Waals surface area (Å²) in [5.41, 5.74) is 4.10. The highest BCUT2D eigenvalue weighted by molar-refractivity contribution is 7.98. The second kappa shape index (κ2) is 8.59. The molecule has 142 valence electrons. The molecule has 0 fully saturated rings. The van der Waals surface area contributed by atoms with Crippen molar-refractivity contribution in [2.24, 2.45) is 7.05 Å². The average Bonchev–Trinajstić information content (AvgIpc) is 3.02. The first-order valence-electron chi connectivity index (χ1n) is 8.94. The molecule has 0 radical (unpaired) electrons. The number of phenols is 1. The lowest BCUT2D eigenvalue weighted by atomic mass is 10.1. The number of aromatic hydroxyl groups is 1. The number of aryl methyl sites for hydroxylation is 3. The normalized spacial score (nSPS) is 11.3. The van der Waals surface area contributed by atoms with Crippen molar-refractivity contribution >= 4 is 11.8 Å². The van der Waals surface area contributed by atoms with Gasteiger partial charge in [-0.15, -0.1) is 11.8 Å². The van der Waals surface area contributed by atoms with E-state index in [4.69, 9.17) is 0 Å². The van der Waals surface area contributed by atoms with E-state index in [2.05, 4.69) is 27.9 Å². The van der Waals surface area contributed by atoms with Gasteiger partial charge < -0.3 is 9.67 Å². The molecule has 0 bridgehead atoms. The molecule has 5 nitrogen and oxygen atoms in total. The Morgan fingerprint density at radius 3 is 2.63 bits per heavy atom. The number of pyridine rings is 1. The van der Waals surface area contributed by atoms with Crippen LogP contribution in [0.25, 0.3) is 0 Å². The predicted molar refractivity (Wildman–Crippen MR) is 110 cm³/mol. The van der Waals surface area contributed by atoms with Crippen molar-refractivity contribution in [1.29, 1.82) is 0 Å². The maximum atomic E-state index is 10.7. The summed E-state index contributed by atoms with van der Waals surface area (Å²) in [6.45, 7) is 6.07. The van der Waals surface area contributed by atoms with Gasteiger partial charge in [-0.25, -0.2) is 4.98 Å². The molecule has 0 saturated heterocycles. The number of nitrogens with zero attached hydrogens (tertiary/aromatic N) is 4. The molecule has 0 spiro atoms. The molecule has 0 atom stereocenters. The third-order valence-corrected chi connectivity index (χ3v) is 5.28. The minimum Gasteiger partial charge on any atom is -0.506 e. The van der Waals surface area contributed by atoms with Crippen molar-refractivity contribution in [2.75, 3.05) is 6.26 Å². The number of imidazole rings is 1. The highest BCUT2D eigenvalue weighted by atomic mass is 32.2. The molecule has 0 unspecified atom stereocenters. The Morgan fingerprint density at radius 2 is 1.96 bits per heavy atom. The lowest BCUT2D eigenvalue weighted by molar-refractivity contribution is 0.232. The van der Waals surface area contributed by atoms with E-state index in [1.165, 1.54) is 0 Å². The Labute approximate surface area is 165 Å². The molecule has 6 heteroatoms. The summed E-state index contributed by atoms with van der Waals surface area (Å²) in [6.07, 6.45) is 5.75. The summed E-state index contributed by atoms with van der Waals surface area (Å²) in [7, 11) is 2.00. The van der Waals surface area contributed by atoms with Crippen molar-refractivity contribution in [3.63, 3.8) is 0 Å². The largest absolute Gasteiger partial charge is 0.506 e. The number of benzene rings is 1. The van der Waals surface area contributed by atoms with E-state index < -0.39 is 0 Å². The average molecular weight is 383 g/mol. The predicted octanol–water partition coefficient (Wildman–Crippen LogP) is 4.06. The zero-order valence-electron chi connectivity index (χ0n) is 16.3. The van der Waals surface area contributed by atoms with Crippen molar-refractivity contribution in [3.05, 3.63) is 71.1 Å². The van der Waals surface area contributed by atoms with Crippen LogP contribution >= 0.6 is 11.8 Å². The lowest BCUT2D eigenvalue weighted by Gasteiger charge is -2.23. The molecule has 3 aromatic rings. The first kappa shape index (κ1) is 19.5. The molecular weight excluding hydrogens is 356 g/mol. The topological polar surface area (TPSA) is 54.2 Å². The highest BCUT2D eigenvalue weighted by Crippen LogP contribution is 2.32. The maximum Gasteiger partial charge on any atom is 0.133 e. The maximum absolute atomic E-state index is 10.7. The fraction of sp³-hybridized carbons (Fsp3) is 0.333. The van der Waals surface area contributed by atoms with Gasteiger partial charge >= 0.3 is 0 Å². The number of phenolic OH excluding ortho intramolecular Hbond substituents is 1. The Hall–Kier alpha value is -2.31. The molecule has 0 aliphatic rings. The van der Waals surface area contributed by atoms with E-state index in [1.54, 1.807) is 11.8 Å². The van der Waals surface area contributed by atoms with Crippen LogP contribution in [0.2, 0.25) is 0 Å². The standard InChI is InChI=1S/C21H26N4OS/c1-15-10-17(21(26)19(11-15)27-4)12-25(14-20-22-8-9-24(20)3)13-18-7-5-6-16(2)23-18/h5-11,26H,12-14H2,1-4H3. The molecule has 2 aromatic heterocycles. The van der Waals surface area contributed by atoms with Gasteiger partial charge in [0.25, 0.3) is 0 Å². The van der Waals surface area contributed by atoms with Crippen molar-refractivity contribution < 1.29 is 5.11 Å². The van der Waals surface area contributed by atoms with E-state index in [0.29, 0.717) is 25.4 Å². The van der Waals surface area contributed by atoms with Gasteiger partial charge in [0.2, 0.25) is 0 Å². The summed E-state index contributed by atoms with van der Waals surface area (Å²) in [5, 5.41) is 10.7. The van der Waals surface area contributed by atoms with Gasteiger partial charge in [-0.3, -0.25) is 9.88 Å². The van der Waals surface area contributed by atoms with Crippen LogP contribution in [0.1, 0.15) is 28.3 Å². The quantitative estimate of drug-likeness (QED) is 0.625. The SMILES string of the molecule is CSc1cc(C)cc(CN(Cc2cccc(C)n2)Cc2nccn2C)c1O. The van der Waals surface area contributed by atoms with Crippen LogP contribution in [0.5, 0.6) is 5.75 Å². The van der Waals surface area contributed by atoms with E-state index in [0.717, 1.165) is 33.2 Å². The number of hydrogen-bond donors (Lipinski definition) is 1. The Balaban J connectivity index is 1.90. The third-order valence-electron chi connectivity index (χ3n) is 4.53. The Kier molecular flexibility index (Phi) is 6.19. The summed E-state index contributed by atoms with van der Waals surface area (Å²) in [4.78, 5) is 12.3. The van der Waals surface area contributed by atoms with E-state index >= 15 is 0 Å². The third kappa shape index (κ3) is 4.90. The van der Waals surface area contributed by atoms with Gasteiger partial charge in [-0.05, 0) is 43.9 Å². The molecule has 2 heterocycles. The van der Waals surface area contributed by atoms with Crippen molar-refractivity contribution in [3.8, 4) is 5.75 Å². The fourth-order valence-corrected chi connectivity index (χ4v) is 3.80. The van der Waals surface area contributed by atoms with Gasteiger partial charge in [-0.1, -0.05) is 12.1 Å². The Morgan fingerprint density at radius 1 is 1.15 bits per heavy atom. The number of hydrogen-bond acceptors (Lipinski definition) is 5. The highest BCUT2D eigenvalue weighted by Gasteiger charge is 2.16. The monoisotopic (exact) mass is 382 g/mol. The fourth-order valence-electron chi connectivity index (χ4n) is 3.17. The summed E-state index contributed by atoms with van der Waals surface area (Å²) < 4.78 is 2.03. The number of aromatic nitrogens is 3. The van der Waals surface area contributed by atoms with Crippen LogP contribution in [0.3, 0.4) is 0 Å². The molecule has 27 heavy (non-hydrogen) atoms. The molecule has 0 saturated carbocycles. The van der Waals surface area contributed by atoms with Crippen LogP contribution in [0, 0.1) is 13.8 Å². The summed E-state index contributed by atoms with van der Waals surface area (Å²) in [6, 6.07) is 10.2.